The van der Waals surface area contributed by atoms with Crippen LogP contribution in [0.25, 0.3) is 165 Å². The molecular weight excluding hydrogens is 945 g/mol. The van der Waals surface area contributed by atoms with Crippen molar-refractivity contribution < 1.29 is 8.83 Å². The first-order valence-electron chi connectivity index (χ1n) is 25.9. The molecule has 11 aromatic carbocycles. The van der Waals surface area contributed by atoms with Gasteiger partial charge in [0.25, 0.3) is 0 Å². The summed E-state index contributed by atoms with van der Waals surface area (Å²) >= 11 is 0. The van der Waals surface area contributed by atoms with Gasteiger partial charge in [0, 0.05) is 53.9 Å². The Balaban J connectivity index is 1.17. The van der Waals surface area contributed by atoms with Gasteiger partial charge in [0.2, 0.25) is 0 Å². The Labute approximate surface area is 436 Å². The summed E-state index contributed by atoms with van der Waals surface area (Å²) < 4.78 is 23.0. The molecule has 2 aliphatic rings. The SMILES string of the molecule is Cc1ccc2c(c1)c1c3oc4ccccc4c3ccc1n2-c1c(C#N)c(-n2c3ccccc3c3ccccc32)c(C#N)c2c1-n1c3ccccc3c3ccc(cc31)-c1ccc3c(c1)c1c4oc5ccccc5c4ccc1n3-2. The van der Waals surface area contributed by atoms with Gasteiger partial charge in [-0.25, -0.2) is 0 Å². The molecule has 0 aliphatic carbocycles. The van der Waals surface area contributed by atoms with E-state index in [4.69, 9.17) is 8.83 Å². The van der Waals surface area contributed by atoms with Gasteiger partial charge in [-0.1, -0.05) is 121 Å². The molecule has 6 bridgehead atoms. The van der Waals surface area contributed by atoms with Crippen LogP contribution in [0.3, 0.4) is 0 Å². The highest BCUT2D eigenvalue weighted by Gasteiger charge is 2.36. The van der Waals surface area contributed by atoms with Gasteiger partial charge in [0.15, 0.2) is 0 Å². The summed E-state index contributed by atoms with van der Waals surface area (Å²) in [5.41, 5.74) is 16.6. The van der Waals surface area contributed by atoms with Crippen LogP contribution in [0.15, 0.2) is 209 Å². The third-order valence-corrected chi connectivity index (χ3v) is 16.8. The smallest absolute Gasteiger partial charge is 0.145 e. The fourth-order valence-corrected chi connectivity index (χ4v) is 13.7. The standard InChI is InChI=1S/C69H36N6O2/c1-37-22-28-55-48(32-37)62-57(30-26-46-44-15-5-10-20-60(44)76-68(46)62)73(55)65-50(35-70)64(72-52-17-7-2-12-40(52)41-13-3-8-18-53(41)72)51(36-71)66-67(65)75-54-19-9-4-14-42(54)43-25-23-39(34-59(43)75)38-24-29-56-49(33-38)63-58(74(56)66)31-27-47-45-16-6-11-21-61(45)77-69(47)63/h2-34H,1H3. The molecule has 8 nitrogen and oxygen atoms in total. The van der Waals surface area contributed by atoms with Crippen LogP contribution in [-0.2, 0) is 0 Å². The zero-order valence-electron chi connectivity index (χ0n) is 41.1. The number of benzene rings is 11. The summed E-state index contributed by atoms with van der Waals surface area (Å²) in [4.78, 5) is 0. The summed E-state index contributed by atoms with van der Waals surface area (Å²) in [7, 11) is 0. The van der Waals surface area contributed by atoms with Crippen molar-refractivity contribution >= 4 is 131 Å². The van der Waals surface area contributed by atoms with Crippen molar-refractivity contribution in [1.29, 1.82) is 10.5 Å². The van der Waals surface area contributed by atoms with Crippen LogP contribution in [-0.4, -0.2) is 18.3 Å². The molecule has 0 amide bonds. The van der Waals surface area contributed by atoms with Crippen molar-refractivity contribution in [3.63, 3.8) is 0 Å². The van der Waals surface area contributed by atoms with Crippen molar-refractivity contribution in [3.05, 3.63) is 217 Å². The zero-order valence-corrected chi connectivity index (χ0v) is 41.1. The van der Waals surface area contributed by atoms with Gasteiger partial charge in [-0.2, -0.15) is 10.5 Å². The Morgan fingerprint density at radius 3 is 1.25 bits per heavy atom. The Kier molecular flexibility index (Phi) is 7.54. The highest BCUT2D eigenvalue weighted by Crippen LogP contribution is 2.52. The van der Waals surface area contributed by atoms with E-state index in [2.05, 4.69) is 201 Å². The van der Waals surface area contributed by atoms with E-state index >= 15 is 0 Å². The molecule has 0 N–H and O–H groups in total. The van der Waals surface area contributed by atoms with Crippen molar-refractivity contribution in [2.45, 2.75) is 6.92 Å². The maximum atomic E-state index is 12.6. The van der Waals surface area contributed by atoms with Gasteiger partial charge in [0.1, 0.15) is 45.6 Å². The van der Waals surface area contributed by atoms with E-state index < -0.39 is 0 Å². The second-order valence-electron chi connectivity index (χ2n) is 20.6. The second kappa shape index (κ2) is 14.3. The van der Waals surface area contributed by atoms with Crippen LogP contribution < -0.4 is 0 Å². The molecule has 0 spiro atoms. The molecule has 0 fully saturated rings. The minimum atomic E-state index is 0.343. The molecule has 354 valence electrons. The second-order valence-corrected chi connectivity index (χ2v) is 20.6. The van der Waals surface area contributed by atoms with Crippen molar-refractivity contribution in [3.8, 4) is 46.0 Å². The topological polar surface area (TPSA) is 93.6 Å². The molecule has 8 heterocycles. The largest absolute Gasteiger partial charge is 0.455 e. The summed E-state index contributed by atoms with van der Waals surface area (Å²) in [5, 5.41) is 37.2. The summed E-state index contributed by atoms with van der Waals surface area (Å²) in [6.07, 6.45) is 0. The monoisotopic (exact) mass is 980 g/mol. The van der Waals surface area contributed by atoms with Crippen LogP contribution in [0.5, 0.6) is 0 Å². The van der Waals surface area contributed by atoms with Gasteiger partial charge < -0.3 is 27.1 Å². The van der Waals surface area contributed by atoms with Gasteiger partial charge >= 0.3 is 0 Å². The molecule has 0 saturated heterocycles. The lowest BCUT2D eigenvalue weighted by Gasteiger charge is -2.27. The lowest BCUT2D eigenvalue weighted by atomic mass is 9.98. The van der Waals surface area contributed by atoms with Crippen LogP contribution in [0.1, 0.15) is 16.7 Å². The van der Waals surface area contributed by atoms with E-state index in [0.717, 1.165) is 148 Å². The number of nitrogens with zero attached hydrogens (tertiary/aromatic N) is 6. The molecule has 0 radical (unpaired) electrons. The van der Waals surface area contributed by atoms with E-state index in [9.17, 15) is 10.5 Å². The minimum Gasteiger partial charge on any atom is -0.455 e. The lowest BCUT2D eigenvalue weighted by Crippen LogP contribution is -2.16. The van der Waals surface area contributed by atoms with Gasteiger partial charge in [0.05, 0.1) is 77.7 Å². The summed E-state index contributed by atoms with van der Waals surface area (Å²) in [6.45, 7) is 2.12. The lowest BCUT2D eigenvalue weighted by molar-refractivity contribution is 0.672. The van der Waals surface area contributed by atoms with Crippen LogP contribution >= 0.6 is 0 Å². The predicted octanol–water partition coefficient (Wildman–Crippen LogP) is 17.9. The van der Waals surface area contributed by atoms with Crippen LogP contribution in [0.2, 0.25) is 0 Å². The number of hydrogen-bond donors (Lipinski definition) is 0. The summed E-state index contributed by atoms with van der Waals surface area (Å²) in [5.74, 6) is 0. The fourth-order valence-electron chi connectivity index (χ4n) is 13.7. The maximum absolute atomic E-state index is 12.6. The van der Waals surface area contributed by atoms with Crippen molar-refractivity contribution in [2.24, 2.45) is 0 Å². The predicted molar refractivity (Wildman–Crippen MR) is 312 cm³/mol. The Morgan fingerprint density at radius 1 is 0.312 bits per heavy atom. The molecule has 0 atom stereocenters. The average molecular weight is 981 g/mol. The van der Waals surface area contributed by atoms with Gasteiger partial charge in [-0.3, -0.25) is 0 Å². The molecule has 2 aliphatic heterocycles. The normalized spacial score (nSPS) is 12.5. The Bertz CT molecular complexity index is 5640. The number of furan rings is 2. The van der Waals surface area contributed by atoms with E-state index in [1.165, 1.54) is 0 Å². The zero-order chi connectivity index (χ0) is 50.5. The molecule has 17 aromatic rings. The summed E-state index contributed by atoms with van der Waals surface area (Å²) in [6, 6.07) is 76.0. The van der Waals surface area contributed by atoms with Crippen molar-refractivity contribution in [1.82, 2.24) is 18.3 Å². The molecule has 8 heteroatoms. The van der Waals surface area contributed by atoms with Gasteiger partial charge in [-0.05, 0) is 103 Å². The first-order chi connectivity index (χ1) is 38.1. The maximum Gasteiger partial charge on any atom is 0.145 e. The number of aryl methyl sites for hydroxylation is 1. The molecule has 6 aromatic heterocycles. The molecule has 0 saturated carbocycles. The molecule has 0 unspecified atom stereocenters. The molecular formula is C69H36N6O2. The minimum absolute atomic E-state index is 0.343. The fraction of sp³-hybridized carbons (Fsp3) is 0.0145. The van der Waals surface area contributed by atoms with Crippen LogP contribution in [0.4, 0.5) is 0 Å². The number of para-hydroxylation sites is 5. The molecule has 77 heavy (non-hydrogen) atoms. The number of rotatable bonds is 2. The highest BCUT2D eigenvalue weighted by atomic mass is 16.3. The van der Waals surface area contributed by atoms with Crippen LogP contribution in [0, 0.1) is 29.6 Å². The number of aromatic nitrogens is 4. The quantitative estimate of drug-likeness (QED) is 0.172. The Hall–Kier alpha value is -10.8. The van der Waals surface area contributed by atoms with E-state index in [1.54, 1.807) is 0 Å². The number of hydrogen-bond acceptors (Lipinski definition) is 4. The number of fused-ring (bicyclic) bond motifs is 18. The number of nitriles is 2. The highest BCUT2D eigenvalue weighted by molar-refractivity contribution is 6.27. The Morgan fingerprint density at radius 2 is 0.701 bits per heavy atom. The average Bonchev–Trinajstić information content (AvgIpc) is 4.52. The van der Waals surface area contributed by atoms with Crippen molar-refractivity contribution in [2.75, 3.05) is 0 Å². The first-order valence-corrected chi connectivity index (χ1v) is 25.9. The van der Waals surface area contributed by atoms with E-state index in [0.29, 0.717) is 33.9 Å². The molecule has 19 rings (SSSR count). The van der Waals surface area contributed by atoms with E-state index in [-0.39, 0.29) is 0 Å². The van der Waals surface area contributed by atoms with E-state index in [1.807, 2.05) is 36.4 Å². The first kappa shape index (κ1) is 40.7. The third kappa shape index (κ3) is 4.96. The third-order valence-electron chi connectivity index (χ3n) is 16.8. The van der Waals surface area contributed by atoms with Gasteiger partial charge in [-0.15, -0.1) is 0 Å².